The van der Waals surface area contributed by atoms with Gasteiger partial charge in [-0.3, -0.25) is 19.9 Å². The van der Waals surface area contributed by atoms with Gasteiger partial charge in [0.25, 0.3) is 0 Å². The average Bonchev–Trinajstić information content (AvgIpc) is 3.73. The molecule has 2 fully saturated rings. The first-order chi connectivity index (χ1) is 23.4. The van der Waals surface area contributed by atoms with E-state index < -0.39 is 0 Å². The summed E-state index contributed by atoms with van der Waals surface area (Å²) in [5.74, 6) is 0.355. The first kappa shape index (κ1) is 32.5. The van der Waals surface area contributed by atoms with Gasteiger partial charge < -0.3 is 20.1 Å². The number of methoxy groups -OCH3 is 1. The van der Waals surface area contributed by atoms with Gasteiger partial charge in [0.1, 0.15) is 6.04 Å². The van der Waals surface area contributed by atoms with Gasteiger partial charge >= 0.3 is 5.97 Å². The molecule has 11 heteroatoms. The van der Waals surface area contributed by atoms with E-state index in [2.05, 4.69) is 34.1 Å². The standard InChI is InChI=1S/C37H37Cl2N5O4/c1-47-36-23(19-41-31-15-17-48-37(31)46)9-12-30(44-36)28-6-3-5-26(33(28)38)27-14-16-40-35(34(27)39)22-8-11-25-21(18-22)4-2-7-29(25)42-20-24-10-13-32(45)43-24/h3,5-6,8-9,11-12,14,16,18,24,29,31,41-42H,2,4,7,10,13,15,17,19-20H2,1H3,(H,43,45)/t24-,29+,31+/m1/s1. The van der Waals surface area contributed by atoms with E-state index in [9.17, 15) is 9.59 Å². The minimum Gasteiger partial charge on any atom is -0.481 e. The fraction of sp³-hybridized carbons (Fsp3) is 0.351. The number of pyridine rings is 2. The molecule has 7 rings (SSSR count). The van der Waals surface area contributed by atoms with Gasteiger partial charge in [-0.15, -0.1) is 0 Å². The number of esters is 1. The summed E-state index contributed by atoms with van der Waals surface area (Å²) in [4.78, 5) is 33.0. The van der Waals surface area contributed by atoms with E-state index in [1.807, 2.05) is 36.4 Å². The zero-order chi connectivity index (χ0) is 33.2. The Balaban J connectivity index is 1.13. The van der Waals surface area contributed by atoms with Crippen LogP contribution in [0.25, 0.3) is 33.6 Å². The molecule has 2 saturated heterocycles. The van der Waals surface area contributed by atoms with Crippen molar-refractivity contribution in [1.82, 2.24) is 25.9 Å². The summed E-state index contributed by atoms with van der Waals surface area (Å²) in [5.41, 5.74) is 8.01. The van der Waals surface area contributed by atoms with Crippen LogP contribution in [0.3, 0.4) is 0 Å². The first-order valence-corrected chi connectivity index (χ1v) is 17.2. The molecule has 0 bridgehead atoms. The SMILES string of the molecule is COc1nc(-c2cccc(-c3ccnc(-c4ccc5c(c4)CCC[C@@H]5NC[C@H]4CCC(=O)N4)c3Cl)c2Cl)ccc1CN[C@H]1CCOC1=O. The van der Waals surface area contributed by atoms with Crippen molar-refractivity contribution in [1.29, 1.82) is 0 Å². The maximum atomic E-state index is 11.9. The maximum Gasteiger partial charge on any atom is 0.323 e. The number of aryl methyl sites for hydroxylation is 1. The first-order valence-electron chi connectivity index (χ1n) is 16.4. The molecule has 3 N–H and O–H groups in total. The van der Waals surface area contributed by atoms with Crippen molar-refractivity contribution >= 4 is 35.1 Å². The Morgan fingerprint density at radius 2 is 1.79 bits per heavy atom. The van der Waals surface area contributed by atoms with Crippen molar-refractivity contribution in [2.45, 2.75) is 63.2 Å². The average molecular weight is 687 g/mol. The van der Waals surface area contributed by atoms with Crippen molar-refractivity contribution in [3.63, 3.8) is 0 Å². The molecule has 1 amide bonds. The number of hydrogen-bond acceptors (Lipinski definition) is 8. The highest BCUT2D eigenvalue weighted by atomic mass is 35.5. The molecule has 0 spiro atoms. The Kier molecular flexibility index (Phi) is 9.64. The Bertz CT molecular complexity index is 1870. The minimum atomic E-state index is -0.330. The molecule has 0 saturated carbocycles. The van der Waals surface area contributed by atoms with Crippen LogP contribution in [0.1, 0.15) is 54.8 Å². The Hall–Kier alpha value is -4.02. The lowest BCUT2D eigenvalue weighted by molar-refractivity contribution is -0.139. The van der Waals surface area contributed by atoms with E-state index in [0.29, 0.717) is 53.3 Å². The van der Waals surface area contributed by atoms with E-state index >= 15 is 0 Å². The van der Waals surface area contributed by atoms with E-state index in [-0.39, 0.29) is 30.0 Å². The molecule has 3 atom stereocenters. The Morgan fingerprint density at radius 1 is 0.938 bits per heavy atom. The van der Waals surface area contributed by atoms with Crippen molar-refractivity contribution < 1.29 is 19.1 Å². The number of ether oxygens (including phenoxy) is 2. The second-order valence-electron chi connectivity index (χ2n) is 12.5. The fourth-order valence-corrected chi connectivity index (χ4v) is 7.57. The molecule has 2 aliphatic heterocycles. The number of cyclic esters (lactones) is 1. The van der Waals surface area contributed by atoms with E-state index in [0.717, 1.165) is 60.0 Å². The van der Waals surface area contributed by atoms with Gasteiger partial charge in [0.05, 0.1) is 35.1 Å². The van der Waals surface area contributed by atoms with E-state index in [4.69, 9.17) is 42.6 Å². The Morgan fingerprint density at radius 3 is 2.58 bits per heavy atom. The van der Waals surface area contributed by atoms with Crippen molar-refractivity contribution in [2.24, 2.45) is 0 Å². The van der Waals surface area contributed by atoms with Crippen LogP contribution in [0.15, 0.2) is 60.8 Å². The van der Waals surface area contributed by atoms with Gasteiger partial charge in [0.15, 0.2) is 0 Å². The topological polar surface area (TPSA) is 114 Å². The van der Waals surface area contributed by atoms with Crippen molar-refractivity contribution in [3.8, 4) is 39.5 Å². The summed E-state index contributed by atoms with van der Waals surface area (Å²) in [7, 11) is 1.57. The molecule has 1 aliphatic carbocycles. The molecular formula is C37H37Cl2N5O4. The van der Waals surface area contributed by atoms with E-state index in [1.165, 1.54) is 11.1 Å². The van der Waals surface area contributed by atoms with Gasteiger partial charge in [-0.2, -0.15) is 0 Å². The highest BCUT2D eigenvalue weighted by Crippen LogP contribution is 2.42. The summed E-state index contributed by atoms with van der Waals surface area (Å²) in [5, 5.41) is 11.0. The predicted octanol–water partition coefficient (Wildman–Crippen LogP) is 6.44. The lowest BCUT2D eigenvalue weighted by atomic mass is 9.86. The number of rotatable bonds is 10. The van der Waals surface area contributed by atoms with Crippen LogP contribution in [0, 0.1) is 0 Å². The summed E-state index contributed by atoms with van der Waals surface area (Å²) >= 11 is 14.2. The molecule has 3 aliphatic rings. The quantitative estimate of drug-likeness (QED) is 0.163. The van der Waals surface area contributed by atoms with Gasteiger partial charge in [0.2, 0.25) is 11.8 Å². The maximum absolute atomic E-state index is 11.9. The van der Waals surface area contributed by atoms with Crippen LogP contribution in [0.4, 0.5) is 0 Å². The van der Waals surface area contributed by atoms with E-state index in [1.54, 1.807) is 13.3 Å². The predicted molar refractivity (Wildman–Crippen MR) is 186 cm³/mol. The number of nitrogens with zero attached hydrogens (tertiary/aromatic N) is 2. The summed E-state index contributed by atoms with van der Waals surface area (Å²) in [6, 6.07) is 18.1. The van der Waals surface area contributed by atoms with Crippen LogP contribution < -0.4 is 20.7 Å². The lowest BCUT2D eigenvalue weighted by Gasteiger charge is -2.28. The molecule has 4 aromatic rings. The third kappa shape index (κ3) is 6.65. The molecule has 48 heavy (non-hydrogen) atoms. The molecule has 0 unspecified atom stereocenters. The number of carbonyl (C=O) groups excluding carboxylic acids is 2. The lowest BCUT2D eigenvalue weighted by Crippen LogP contribution is -2.38. The van der Waals surface area contributed by atoms with Gasteiger partial charge in [-0.25, -0.2) is 4.98 Å². The molecule has 248 valence electrons. The minimum absolute atomic E-state index is 0.139. The van der Waals surface area contributed by atoms with Gasteiger partial charge in [0, 0.05) is 72.0 Å². The summed E-state index contributed by atoms with van der Waals surface area (Å²) < 4.78 is 10.7. The van der Waals surface area contributed by atoms with Crippen LogP contribution in [-0.4, -0.2) is 54.2 Å². The number of benzene rings is 2. The third-order valence-corrected chi connectivity index (χ3v) is 10.3. The number of fused-ring (bicyclic) bond motifs is 1. The fourth-order valence-electron chi connectivity index (χ4n) is 6.92. The number of amides is 1. The van der Waals surface area contributed by atoms with Gasteiger partial charge in [-0.05, 0) is 55.0 Å². The third-order valence-electron chi connectivity index (χ3n) is 9.49. The van der Waals surface area contributed by atoms with Crippen molar-refractivity contribution in [2.75, 3.05) is 20.3 Å². The molecule has 2 aromatic carbocycles. The summed E-state index contributed by atoms with van der Waals surface area (Å²) in [6.45, 7) is 1.62. The smallest absolute Gasteiger partial charge is 0.323 e. The zero-order valence-corrected chi connectivity index (χ0v) is 28.2. The second-order valence-corrected chi connectivity index (χ2v) is 13.3. The van der Waals surface area contributed by atoms with Crippen LogP contribution in [-0.2, 0) is 27.3 Å². The molecular weight excluding hydrogens is 649 g/mol. The normalized spacial score (nSPS) is 20.4. The van der Waals surface area contributed by atoms with Crippen LogP contribution in [0.2, 0.25) is 10.0 Å². The molecule has 9 nitrogen and oxygen atoms in total. The molecule has 2 aromatic heterocycles. The van der Waals surface area contributed by atoms with Crippen LogP contribution in [0.5, 0.6) is 5.88 Å². The highest BCUT2D eigenvalue weighted by molar-refractivity contribution is 6.39. The number of halogens is 2. The number of hydrogen-bond donors (Lipinski definition) is 3. The highest BCUT2D eigenvalue weighted by Gasteiger charge is 2.27. The summed E-state index contributed by atoms with van der Waals surface area (Å²) in [6.07, 6.45) is 7.04. The van der Waals surface area contributed by atoms with Gasteiger partial charge in [-0.1, -0.05) is 59.6 Å². The zero-order valence-electron chi connectivity index (χ0n) is 26.7. The monoisotopic (exact) mass is 685 g/mol. The number of carbonyl (C=O) groups is 2. The van der Waals surface area contributed by atoms with Crippen molar-refractivity contribution in [3.05, 3.63) is 87.5 Å². The second kappa shape index (κ2) is 14.2. The molecule has 0 radical (unpaired) electrons. The Labute approximate surface area is 289 Å². The van der Waals surface area contributed by atoms with Crippen LogP contribution >= 0.6 is 23.2 Å². The largest absolute Gasteiger partial charge is 0.481 e. The number of nitrogens with one attached hydrogen (secondary N) is 3. The molecule has 4 heterocycles. The number of aromatic nitrogens is 2.